The van der Waals surface area contributed by atoms with E-state index < -0.39 is 5.91 Å². The average Bonchev–Trinajstić information content (AvgIpc) is 2.38. The fraction of sp³-hybridized carbons (Fsp3) is 0.0714. The molecule has 0 aromatic heterocycles. The third-order valence-corrected chi connectivity index (χ3v) is 2.90. The van der Waals surface area contributed by atoms with Crippen molar-refractivity contribution in [2.45, 2.75) is 6.61 Å². The van der Waals surface area contributed by atoms with Crippen molar-refractivity contribution in [2.24, 2.45) is 5.73 Å². The molecule has 2 aromatic rings. The molecule has 0 unspecified atom stereocenters. The molecule has 0 aliphatic rings. The van der Waals surface area contributed by atoms with Crippen molar-refractivity contribution in [1.82, 2.24) is 0 Å². The van der Waals surface area contributed by atoms with Crippen LogP contribution in [0.3, 0.4) is 0 Å². The van der Waals surface area contributed by atoms with E-state index in [0.717, 1.165) is 0 Å². The minimum atomic E-state index is -0.492. The molecule has 0 heterocycles. The molecule has 0 radical (unpaired) electrons. The second-order valence-electron chi connectivity index (χ2n) is 3.91. The van der Waals surface area contributed by atoms with Gasteiger partial charge in [0.25, 0.3) is 0 Å². The molecule has 2 aromatic carbocycles. The molecule has 0 saturated heterocycles. The predicted molar refractivity (Wildman–Crippen MR) is 70.7 cm³/mol. The maximum atomic E-state index is 12.9. The van der Waals surface area contributed by atoms with Gasteiger partial charge in [-0.05, 0) is 36.4 Å². The lowest BCUT2D eigenvalue weighted by Crippen LogP contribution is -2.10. The highest BCUT2D eigenvalue weighted by atomic mass is 35.5. The number of amides is 1. The predicted octanol–water partition coefficient (Wildman–Crippen LogP) is 3.16. The minimum absolute atomic E-state index is 0.217. The Kier molecular flexibility index (Phi) is 4.02. The van der Waals surface area contributed by atoms with Gasteiger partial charge in [-0.15, -0.1) is 0 Å². The molecular weight excluding hydrogens is 269 g/mol. The number of nitrogens with two attached hydrogens (primary N) is 1. The summed E-state index contributed by atoms with van der Waals surface area (Å²) in [4.78, 5) is 10.9. The van der Waals surface area contributed by atoms with Gasteiger partial charge in [0.05, 0.1) is 5.02 Å². The minimum Gasteiger partial charge on any atom is -0.489 e. The van der Waals surface area contributed by atoms with Crippen LogP contribution >= 0.6 is 11.6 Å². The molecule has 3 nitrogen and oxygen atoms in total. The van der Waals surface area contributed by atoms with Gasteiger partial charge >= 0.3 is 0 Å². The van der Waals surface area contributed by atoms with Crippen LogP contribution in [0.25, 0.3) is 0 Å². The number of benzene rings is 2. The van der Waals surface area contributed by atoms with E-state index in [1.807, 2.05) is 0 Å². The van der Waals surface area contributed by atoms with Crippen LogP contribution in [-0.4, -0.2) is 5.91 Å². The van der Waals surface area contributed by atoms with Crippen molar-refractivity contribution in [3.05, 3.63) is 64.4 Å². The van der Waals surface area contributed by atoms with Gasteiger partial charge in [-0.25, -0.2) is 4.39 Å². The molecule has 0 bridgehead atoms. The zero-order chi connectivity index (χ0) is 13.8. The van der Waals surface area contributed by atoms with Crippen LogP contribution in [0.15, 0.2) is 42.5 Å². The van der Waals surface area contributed by atoms with E-state index in [4.69, 9.17) is 22.1 Å². The molecule has 0 spiro atoms. The van der Waals surface area contributed by atoms with Crippen LogP contribution < -0.4 is 10.5 Å². The lowest BCUT2D eigenvalue weighted by Gasteiger charge is -2.08. The van der Waals surface area contributed by atoms with Crippen LogP contribution in [0, 0.1) is 5.82 Å². The summed E-state index contributed by atoms with van der Waals surface area (Å²) in [6, 6.07) is 10.5. The Morgan fingerprint density at radius 2 is 1.89 bits per heavy atom. The molecule has 1 amide bonds. The molecule has 2 N–H and O–H groups in total. The lowest BCUT2D eigenvalue weighted by molar-refractivity contribution is 0.100. The van der Waals surface area contributed by atoms with Gasteiger partial charge in [0.15, 0.2) is 0 Å². The van der Waals surface area contributed by atoms with Gasteiger partial charge in [-0.1, -0.05) is 17.7 Å². The molecule has 0 saturated carbocycles. The van der Waals surface area contributed by atoms with Crippen LogP contribution in [-0.2, 0) is 6.61 Å². The number of rotatable bonds is 4. The highest BCUT2D eigenvalue weighted by Crippen LogP contribution is 2.20. The Morgan fingerprint density at radius 1 is 1.21 bits per heavy atom. The van der Waals surface area contributed by atoms with Gasteiger partial charge in [0.2, 0.25) is 5.91 Å². The summed E-state index contributed by atoms with van der Waals surface area (Å²) < 4.78 is 18.4. The molecule has 19 heavy (non-hydrogen) atoms. The van der Waals surface area contributed by atoms with Crippen molar-refractivity contribution in [2.75, 3.05) is 0 Å². The number of hydrogen-bond acceptors (Lipinski definition) is 2. The van der Waals surface area contributed by atoms with Gasteiger partial charge in [-0.2, -0.15) is 0 Å². The molecule has 5 heteroatoms. The number of halogens is 2. The summed E-state index contributed by atoms with van der Waals surface area (Å²) in [6.45, 7) is 0.217. The third-order valence-electron chi connectivity index (χ3n) is 2.55. The maximum Gasteiger partial charge on any atom is 0.248 e. The van der Waals surface area contributed by atoms with Crippen molar-refractivity contribution < 1.29 is 13.9 Å². The average molecular weight is 280 g/mol. The number of ether oxygens (including phenoxy) is 1. The quantitative estimate of drug-likeness (QED) is 0.935. The zero-order valence-corrected chi connectivity index (χ0v) is 10.7. The number of carbonyl (C=O) groups is 1. The van der Waals surface area contributed by atoms with Crippen molar-refractivity contribution in [3.63, 3.8) is 0 Å². The Morgan fingerprint density at radius 3 is 2.47 bits per heavy atom. The van der Waals surface area contributed by atoms with Gasteiger partial charge < -0.3 is 10.5 Å². The van der Waals surface area contributed by atoms with E-state index >= 15 is 0 Å². The van der Waals surface area contributed by atoms with Crippen molar-refractivity contribution >= 4 is 17.5 Å². The standard InChI is InChI=1S/C14H11ClFNO2/c15-13-7-11(16)4-1-10(13)8-19-12-5-2-9(3-6-12)14(17)18/h1-7H,8H2,(H2,17,18). The van der Waals surface area contributed by atoms with Gasteiger partial charge in [-0.3, -0.25) is 4.79 Å². The Bertz CT molecular complexity index is 599. The second kappa shape index (κ2) is 5.71. The molecule has 0 fully saturated rings. The van der Waals surface area contributed by atoms with E-state index in [1.165, 1.54) is 12.1 Å². The number of carbonyl (C=O) groups excluding carboxylic acids is 1. The second-order valence-corrected chi connectivity index (χ2v) is 4.32. The highest BCUT2D eigenvalue weighted by molar-refractivity contribution is 6.31. The van der Waals surface area contributed by atoms with E-state index in [0.29, 0.717) is 21.9 Å². The van der Waals surface area contributed by atoms with Crippen LogP contribution in [0.2, 0.25) is 5.02 Å². The van der Waals surface area contributed by atoms with E-state index in [-0.39, 0.29) is 12.4 Å². The highest BCUT2D eigenvalue weighted by Gasteiger charge is 2.04. The summed E-state index contributed by atoms with van der Waals surface area (Å²) in [5, 5.41) is 0.314. The van der Waals surface area contributed by atoms with Crippen molar-refractivity contribution in [3.8, 4) is 5.75 Å². The molecule has 2 rings (SSSR count). The van der Waals surface area contributed by atoms with Crippen LogP contribution in [0.1, 0.15) is 15.9 Å². The summed E-state index contributed by atoms with van der Waals surface area (Å²) in [7, 11) is 0. The van der Waals surface area contributed by atoms with Crippen molar-refractivity contribution in [1.29, 1.82) is 0 Å². The first-order valence-corrected chi connectivity index (χ1v) is 5.90. The van der Waals surface area contributed by atoms with Gasteiger partial charge in [0.1, 0.15) is 18.2 Å². The monoisotopic (exact) mass is 279 g/mol. The SMILES string of the molecule is NC(=O)c1ccc(OCc2ccc(F)cc2Cl)cc1. The summed E-state index contributed by atoms with van der Waals surface area (Å²) >= 11 is 5.88. The Labute approximate surface area is 114 Å². The first kappa shape index (κ1) is 13.4. The van der Waals surface area contributed by atoms with Crippen LogP contribution in [0.5, 0.6) is 5.75 Å². The Hall–Kier alpha value is -2.07. The largest absolute Gasteiger partial charge is 0.489 e. The smallest absolute Gasteiger partial charge is 0.248 e. The summed E-state index contributed by atoms with van der Waals surface area (Å²) in [5.74, 6) is -0.307. The van der Waals surface area contributed by atoms with E-state index in [9.17, 15) is 9.18 Å². The third kappa shape index (κ3) is 3.45. The summed E-state index contributed by atoms with van der Waals surface area (Å²) in [5.41, 5.74) is 6.22. The molecule has 98 valence electrons. The topological polar surface area (TPSA) is 52.3 Å². The fourth-order valence-electron chi connectivity index (χ4n) is 1.52. The molecule has 0 atom stereocenters. The first-order chi connectivity index (χ1) is 9.06. The van der Waals surface area contributed by atoms with Crippen LogP contribution in [0.4, 0.5) is 4.39 Å². The maximum absolute atomic E-state index is 12.9. The first-order valence-electron chi connectivity index (χ1n) is 5.53. The summed E-state index contributed by atoms with van der Waals surface area (Å²) in [6.07, 6.45) is 0. The normalized spacial score (nSPS) is 10.2. The molecule has 0 aliphatic carbocycles. The molecular formula is C14H11ClFNO2. The zero-order valence-electron chi connectivity index (χ0n) is 9.90. The fourth-order valence-corrected chi connectivity index (χ4v) is 1.74. The van der Waals surface area contributed by atoms with E-state index in [1.54, 1.807) is 30.3 Å². The Balaban J connectivity index is 2.04. The lowest BCUT2D eigenvalue weighted by atomic mass is 10.2. The van der Waals surface area contributed by atoms with Gasteiger partial charge in [0, 0.05) is 11.1 Å². The van der Waals surface area contributed by atoms with E-state index in [2.05, 4.69) is 0 Å². The molecule has 0 aliphatic heterocycles. The number of hydrogen-bond donors (Lipinski definition) is 1. The number of primary amides is 1.